The second-order valence-electron chi connectivity index (χ2n) is 6.91. The third-order valence-electron chi connectivity index (χ3n) is 4.47. The Morgan fingerprint density at radius 2 is 1.82 bits per heavy atom. The number of hydrogen-bond donors (Lipinski definition) is 2. The summed E-state index contributed by atoms with van der Waals surface area (Å²) in [4.78, 5) is 4.83. The smallest absolute Gasteiger partial charge is 0.229 e. The molecular weight excluding hydrogens is 374 g/mol. The molecule has 1 atom stereocenters. The average molecular weight is 395 g/mol. The maximum atomic E-state index is 11.5. The first-order valence-electron chi connectivity index (χ1n) is 8.94. The van der Waals surface area contributed by atoms with Gasteiger partial charge in [0.15, 0.2) is 5.82 Å². The SMILES string of the molecule is CC1Cn2ncc(-c3cccc(NS(C)(=O)=O)c3)c2N=C1Nc1ccccc1. The Morgan fingerprint density at radius 3 is 2.57 bits per heavy atom. The highest BCUT2D eigenvalue weighted by atomic mass is 32.2. The molecule has 3 aromatic rings. The van der Waals surface area contributed by atoms with Crippen LogP contribution in [0.25, 0.3) is 11.1 Å². The zero-order valence-corrected chi connectivity index (χ0v) is 16.4. The molecular formula is C20H21N5O2S. The van der Waals surface area contributed by atoms with Crippen molar-refractivity contribution >= 4 is 33.1 Å². The molecule has 28 heavy (non-hydrogen) atoms. The second kappa shape index (κ2) is 7.12. The van der Waals surface area contributed by atoms with Gasteiger partial charge in [0.1, 0.15) is 5.84 Å². The predicted molar refractivity (Wildman–Crippen MR) is 112 cm³/mol. The first-order chi connectivity index (χ1) is 13.4. The normalized spacial score (nSPS) is 16.2. The van der Waals surface area contributed by atoms with Crippen LogP contribution in [0.1, 0.15) is 6.92 Å². The van der Waals surface area contributed by atoms with E-state index in [-0.39, 0.29) is 5.92 Å². The molecule has 1 aromatic heterocycles. The van der Waals surface area contributed by atoms with Crippen LogP contribution in [0.2, 0.25) is 0 Å². The van der Waals surface area contributed by atoms with Gasteiger partial charge in [-0.1, -0.05) is 37.3 Å². The van der Waals surface area contributed by atoms with Gasteiger partial charge in [0, 0.05) is 22.9 Å². The molecule has 2 heterocycles. The molecule has 1 aliphatic rings. The minimum atomic E-state index is -3.34. The van der Waals surface area contributed by atoms with Crippen LogP contribution in [0, 0.1) is 5.92 Å². The van der Waals surface area contributed by atoms with Crippen molar-refractivity contribution in [1.29, 1.82) is 0 Å². The first kappa shape index (κ1) is 18.2. The van der Waals surface area contributed by atoms with Crippen molar-refractivity contribution in [1.82, 2.24) is 9.78 Å². The molecule has 0 radical (unpaired) electrons. The Hall–Kier alpha value is -3.13. The molecule has 4 rings (SSSR count). The number of hydrogen-bond acceptors (Lipinski definition) is 5. The van der Waals surface area contributed by atoms with Crippen LogP contribution < -0.4 is 10.0 Å². The molecule has 0 bridgehead atoms. The zero-order valence-electron chi connectivity index (χ0n) is 15.6. The highest BCUT2D eigenvalue weighted by molar-refractivity contribution is 7.92. The summed E-state index contributed by atoms with van der Waals surface area (Å²) in [5, 5.41) is 7.87. The Labute approximate surface area is 164 Å². The van der Waals surface area contributed by atoms with E-state index in [0.717, 1.165) is 41.3 Å². The topological polar surface area (TPSA) is 88.4 Å². The van der Waals surface area contributed by atoms with E-state index in [0.29, 0.717) is 5.69 Å². The van der Waals surface area contributed by atoms with Gasteiger partial charge in [-0.25, -0.2) is 18.1 Å². The van der Waals surface area contributed by atoms with Gasteiger partial charge in [0.25, 0.3) is 0 Å². The van der Waals surface area contributed by atoms with Crippen molar-refractivity contribution in [3.8, 4) is 11.1 Å². The third-order valence-corrected chi connectivity index (χ3v) is 5.08. The number of nitrogens with one attached hydrogen (secondary N) is 2. The van der Waals surface area contributed by atoms with E-state index in [1.807, 2.05) is 47.1 Å². The lowest BCUT2D eigenvalue weighted by Gasteiger charge is -2.22. The molecule has 0 saturated heterocycles. The molecule has 8 heteroatoms. The van der Waals surface area contributed by atoms with E-state index >= 15 is 0 Å². The fourth-order valence-electron chi connectivity index (χ4n) is 3.19. The van der Waals surface area contributed by atoms with E-state index in [9.17, 15) is 8.42 Å². The van der Waals surface area contributed by atoms with Gasteiger partial charge in [-0.3, -0.25) is 4.72 Å². The number of nitrogens with zero attached hydrogens (tertiary/aromatic N) is 3. The number of aromatic nitrogens is 2. The third kappa shape index (κ3) is 3.91. The quantitative estimate of drug-likeness (QED) is 0.705. The molecule has 0 amide bonds. The van der Waals surface area contributed by atoms with Crippen LogP contribution >= 0.6 is 0 Å². The van der Waals surface area contributed by atoms with Gasteiger partial charge >= 0.3 is 0 Å². The Morgan fingerprint density at radius 1 is 1.07 bits per heavy atom. The average Bonchev–Trinajstić information content (AvgIpc) is 3.04. The highest BCUT2D eigenvalue weighted by Crippen LogP contribution is 2.35. The summed E-state index contributed by atoms with van der Waals surface area (Å²) in [5.41, 5.74) is 3.21. The van der Waals surface area contributed by atoms with Crippen LogP contribution in [0.4, 0.5) is 17.2 Å². The van der Waals surface area contributed by atoms with Crippen LogP contribution in [0.3, 0.4) is 0 Å². The molecule has 2 aromatic carbocycles. The van der Waals surface area contributed by atoms with Crippen molar-refractivity contribution < 1.29 is 8.42 Å². The zero-order chi connectivity index (χ0) is 19.7. The molecule has 1 aliphatic heterocycles. The lowest BCUT2D eigenvalue weighted by Crippen LogP contribution is -2.28. The number of rotatable bonds is 4. The van der Waals surface area contributed by atoms with Crippen molar-refractivity contribution in [2.45, 2.75) is 13.5 Å². The number of anilines is 2. The monoisotopic (exact) mass is 395 g/mol. The molecule has 7 nitrogen and oxygen atoms in total. The highest BCUT2D eigenvalue weighted by Gasteiger charge is 2.23. The van der Waals surface area contributed by atoms with Crippen LogP contribution in [0.15, 0.2) is 65.8 Å². The number of amidine groups is 1. The molecule has 0 fully saturated rings. The van der Waals surface area contributed by atoms with Gasteiger partial charge in [-0.2, -0.15) is 5.10 Å². The summed E-state index contributed by atoms with van der Waals surface area (Å²) in [6, 6.07) is 17.2. The summed E-state index contributed by atoms with van der Waals surface area (Å²) in [6.07, 6.45) is 2.91. The number of aliphatic imine (C=N–C) groups is 1. The fourth-order valence-corrected chi connectivity index (χ4v) is 3.74. The molecule has 0 aliphatic carbocycles. The molecule has 144 valence electrons. The lowest BCUT2D eigenvalue weighted by molar-refractivity contribution is 0.530. The van der Waals surface area contributed by atoms with E-state index in [4.69, 9.17) is 4.99 Å². The minimum absolute atomic E-state index is 0.193. The largest absolute Gasteiger partial charge is 0.343 e. The van der Waals surface area contributed by atoms with Crippen molar-refractivity contribution in [3.63, 3.8) is 0 Å². The maximum absolute atomic E-state index is 11.5. The Kier molecular flexibility index (Phi) is 4.64. The molecule has 1 unspecified atom stereocenters. The number of fused-ring (bicyclic) bond motifs is 1. The molecule has 2 N–H and O–H groups in total. The standard InChI is InChI=1S/C20H21N5O2S/c1-14-13-25-20(23-19(14)22-16-8-4-3-5-9-16)18(12-21-25)15-7-6-10-17(11-15)24-28(2,26)27/h3-12,14,24H,13H2,1-2H3,(H,22,23). The fraction of sp³-hybridized carbons (Fsp3) is 0.200. The number of benzene rings is 2. The van der Waals surface area contributed by atoms with Gasteiger partial charge in [0.05, 0.1) is 19.0 Å². The summed E-state index contributed by atoms with van der Waals surface area (Å²) in [6.45, 7) is 2.82. The molecule has 0 spiro atoms. The van der Waals surface area contributed by atoms with Crippen molar-refractivity contribution in [2.24, 2.45) is 10.9 Å². The predicted octanol–water partition coefficient (Wildman–Crippen LogP) is 3.71. The van der Waals surface area contributed by atoms with Crippen LogP contribution in [-0.2, 0) is 16.6 Å². The Balaban J connectivity index is 1.70. The van der Waals surface area contributed by atoms with Gasteiger partial charge in [-0.05, 0) is 29.8 Å². The van der Waals surface area contributed by atoms with Crippen molar-refractivity contribution in [3.05, 3.63) is 60.8 Å². The Bertz CT molecular complexity index is 1140. The number of sulfonamides is 1. The number of para-hydroxylation sites is 1. The van der Waals surface area contributed by atoms with Crippen LogP contribution in [-0.4, -0.2) is 30.3 Å². The summed E-state index contributed by atoms with van der Waals surface area (Å²) in [5.74, 6) is 1.83. The minimum Gasteiger partial charge on any atom is -0.343 e. The molecule has 0 saturated carbocycles. The van der Waals surface area contributed by atoms with Gasteiger partial charge < -0.3 is 5.32 Å². The van der Waals surface area contributed by atoms with Gasteiger partial charge in [-0.15, -0.1) is 0 Å². The summed E-state index contributed by atoms with van der Waals surface area (Å²) >= 11 is 0. The lowest BCUT2D eigenvalue weighted by atomic mass is 10.1. The summed E-state index contributed by atoms with van der Waals surface area (Å²) in [7, 11) is -3.34. The van der Waals surface area contributed by atoms with Gasteiger partial charge in [0.2, 0.25) is 10.0 Å². The maximum Gasteiger partial charge on any atom is 0.229 e. The first-order valence-corrected chi connectivity index (χ1v) is 10.8. The summed E-state index contributed by atoms with van der Waals surface area (Å²) < 4.78 is 27.4. The van der Waals surface area contributed by atoms with E-state index in [2.05, 4.69) is 22.1 Å². The van der Waals surface area contributed by atoms with Crippen molar-refractivity contribution in [2.75, 3.05) is 16.3 Å². The van der Waals surface area contributed by atoms with E-state index in [1.165, 1.54) is 0 Å². The second-order valence-corrected chi connectivity index (χ2v) is 8.66. The van der Waals surface area contributed by atoms with E-state index in [1.54, 1.807) is 18.3 Å². The van der Waals surface area contributed by atoms with Crippen LogP contribution in [0.5, 0.6) is 0 Å². The van der Waals surface area contributed by atoms with E-state index < -0.39 is 10.0 Å².